The number of rotatable bonds is 8. The second kappa shape index (κ2) is 11.0. The van der Waals surface area contributed by atoms with Gasteiger partial charge in [0.15, 0.2) is 34.6 Å². The normalized spacial score (nSPS) is 13.9. The van der Waals surface area contributed by atoms with Crippen LogP contribution in [-0.4, -0.2) is 45.5 Å². The number of carbonyl (C=O) groups is 1. The molecule has 5 rings (SSSR count). The molecule has 1 fully saturated rings. The molecule has 0 unspecified atom stereocenters. The van der Waals surface area contributed by atoms with Crippen molar-refractivity contribution < 1.29 is 27.8 Å². The van der Waals surface area contributed by atoms with Crippen LogP contribution < -0.4 is 9.47 Å². The first-order valence-electron chi connectivity index (χ1n) is 12.4. The molecule has 1 saturated carbocycles. The van der Waals surface area contributed by atoms with Crippen LogP contribution in [0.2, 0.25) is 0 Å². The first-order valence-corrected chi connectivity index (χ1v) is 12.4. The number of aromatic nitrogens is 4. The molecule has 0 radical (unpaired) electrons. The average Bonchev–Trinajstić information content (AvgIpc) is 3.56. The minimum absolute atomic E-state index is 0.0272. The van der Waals surface area contributed by atoms with Gasteiger partial charge >= 0.3 is 5.97 Å². The van der Waals surface area contributed by atoms with Crippen molar-refractivity contribution in [1.29, 1.82) is 0 Å². The highest BCUT2D eigenvalue weighted by Gasteiger charge is 2.21. The molecule has 8 nitrogen and oxygen atoms in total. The molecule has 1 aliphatic rings. The van der Waals surface area contributed by atoms with Crippen LogP contribution in [0.1, 0.15) is 54.5 Å². The van der Waals surface area contributed by atoms with Crippen LogP contribution in [0.4, 0.5) is 8.78 Å². The molecule has 2 heterocycles. The Labute approximate surface area is 217 Å². The molecule has 0 amide bonds. The monoisotopic (exact) mass is 520 g/mol. The van der Waals surface area contributed by atoms with Gasteiger partial charge in [0.2, 0.25) is 0 Å². The fourth-order valence-electron chi connectivity index (χ4n) is 4.49. The summed E-state index contributed by atoms with van der Waals surface area (Å²) < 4.78 is 46.6. The molecule has 0 bridgehead atoms. The molecule has 4 aromatic rings. The third-order valence-corrected chi connectivity index (χ3v) is 6.31. The topological polar surface area (TPSA) is 88.4 Å². The highest BCUT2D eigenvalue weighted by Crippen LogP contribution is 2.36. The molecule has 196 valence electrons. The van der Waals surface area contributed by atoms with E-state index in [2.05, 4.69) is 15.2 Å². The minimum Gasteiger partial charge on any atom is -0.493 e. The predicted octanol–water partition coefficient (Wildman–Crippen LogP) is 5.77. The molecule has 2 aromatic heterocycles. The fourth-order valence-corrected chi connectivity index (χ4v) is 4.49. The average molecular weight is 521 g/mol. The van der Waals surface area contributed by atoms with Gasteiger partial charge in [-0.1, -0.05) is 12.1 Å². The lowest BCUT2D eigenvalue weighted by Gasteiger charge is -2.18. The van der Waals surface area contributed by atoms with Gasteiger partial charge in [0.25, 0.3) is 0 Å². The van der Waals surface area contributed by atoms with E-state index in [9.17, 15) is 13.6 Å². The van der Waals surface area contributed by atoms with Crippen molar-refractivity contribution in [3.05, 3.63) is 71.2 Å². The number of imidazole rings is 1. The molecule has 0 atom stereocenters. The Morgan fingerprint density at radius 2 is 1.87 bits per heavy atom. The van der Waals surface area contributed by atoms with Crippen LogP contribution in [0.3, 0.4) is 0 Å². The summed E-state index contributed by atoms with van der Waals surface area (Å²) in [5.74, 6) is -0.805. The maximum atomic E-state index is 14.2. The highest BCUT2D eigenvalue weighted by molar-refractivity contribution is 5.87. The number of methoxy groups -OCH3 is 1. The largest absolute Gasteiger partial charge is 0.493 e. The molecule has 2 aromatic carbocycles. The Hall–Kier alpha value is -4.34. The number of esters is 1. The van der Waals surface area contributed by atoms with Gasteiger partial charge in [0, 0.05) is 17.7 Å². The summed E-state index contributed by atoms with van der Waals surface area (Å²) >= 11 is 0. The Kier molecular flexibility index (Phi) is 7.30. The SMILES string of the molecule is CCOC(=O)c1ccc(-n2c(/C=C/c3cccc(OC)c3OC3CCCC3)nc3cc(F)c(F)cc32)nn1. The van der Waals surface area contributed by atoms with E-state index in [0.29, 0.717) is 17.3 Å². The summed E-state index contributed by atoms with van der Waals surface area (Å²) in [7, 11) is 1.59. The summed E-state index contributed by atoms with van der Waals surface area (Å²) in [4.78, 5) is 16.5. The van der Waals surface area contributed by atoms with E-state index in [0.717, 1.165) is 43.4 Å². The molecule has 0 N–H and O–H groups in total. The molecule has 0 saturated heterocycles. The molecule has 10 heteroatoms. The van der Waals surface area contributed by atoms with Crippen molar-refractivity contribution in [2.75, 3.05) is 13.7 Å². The van der Waals surface area contributed by atoms with Crippen LogP contribution in [-0.2, 0) is 4.74 Å². The Morgan fingerprint density at radius 1 is 1.08 bits per heavy atom. The number of hydrogen-bond donors (Lipinski definition) is 0. The molecular formula is C28H26F2N4O4. The molecule has 0 spiro atoms. The van der Waals surface area contributed by atoms with Crippen molar-refractivity contribution >= 4 is 29.2 Å². The summed E-state index contributed by atoms with van der Waals surface area (Å²) in [6.45, 7) is 1.89. The minimum atomic E-state index is -1.02. The zero-order valence-electron chi connectivity index (χ0n) is 21.0. The quantitative estimate of drug-likeness (QED) is 0.273. The third-order valence-electron chi connectivity index (χ3n) is 6.31. The van der Waals surface area contributed by atoms with Gasteiger partial charge in [0.05, 0.1) is 30.9 Å². The van der Waals surface area contributed by atoms with E-state index in [1.165, 1.54) is 10.6 Å². The number of nitrogens with zero attached hydrogens (tertiary/aromatic N) is 4. The van der Waals surface area contributed by atoms with Crippen molar-refractivity contribution in [2.45, 2.75) is 38.7 Å². The number of ether oxygens (including phenoxy) is 3. The lowest BCUT2D eigenvalue weighted by Crippen LogP contribution is -2.12. The van der Waals surface area contributed by atoms with E-state index < -0.39 is 17.6 Å². The van der Waals surface area contributed by atoms with Gasteiger partial charge in [-0.05, 0) is 63.0 Å². The van der Waals surface area contributed by atoms with Gasteiger partial charge < -0.3 is 14.2 Å². The van der Waals surface area contributed by atoms with E-state index in [1.807, 2.05) is 18.2 Å². The Balaban J connectivity index is 1.58. The Morgan fingerprint density at radius 3 is 2.58 bits per heavy atom. The zero-order valence-corrected chi connectivity index (χ0v) is 21.0. The summed E-state index contributed by atoms with van der Waals surface area (Å²) in [5, 5.41) is 8.09. The lowest BCUT2D eigenvalue weighted by molar-refractivity contribution is 0.0518. The van der Waals surface area contributed by atoms with Gasteiger partial charge in [-0.3, -0.25) is 4.57 Å². The van der Waals surface area contributed by atoms with Crippen LogP contribution >= 0.6 is 0 Å². The van der Waals surface area contributed by atoms with Crippen LogP contribution in [0.25, 0.3) is 29.0 Å². The number of hydrogen-bond acceptors (Lipinski definition) is 7. The first-order chi connectivity index (χ1) is 18.5. The molecule has 1 aliphatic carbocycles. The molecule has 0 aliphatic heterocycles. The second-order valence-corrected chi connectivity index (χ2v) is 8.79. The standard InChI is InChI=1S/C28H26F2N4O4/c1-3-37-28(35)21-12-14-26(33-32-21)34-23-16-20(30)19(29)15-22(23)31-25(34)13-11-17-7-6-10-24(36-2)27(17)38-18-8-4-5-9-18/h6-7,10-16,18H,3-5,8-9H2,1-2H3/b13-11+. The second-order valence-electron chi connectivity index (χ2n) is 8.79. The number of para-hydroxylation sites is 1. The number of carbonyl (C=O) groups excluding carboxylic acids is 1. The summed E-state index contributed by atoms with van der Waals surface area (Å²) in [5.41, 5.74) is 1.30. The van der Waals surface area contributed by atoms with E-state index in [1.54, 1.807) is 32.3 Å². The van der Waals surface area contributed by atoms with E-state index >= 15 is 0 Å². The van der Waals surface area contributed by atoms with E-state index in [4.69, 9.17) is 14.2 Å². The molecular weight excluding hydrogens is 494 g/mol. The van der Waals surface area contributed by atoms with Gasteiger partial charge in [0.1, 0.15) is 5.82 Å². The number of benzene rings is 2. The third kappa shape index (κ3) is 5.06. The maximum Gasteiger partial charge on any atom is 0.358 e. The van der Waals surface area contributed by atoms with Crippen LogP contribution in [0.15, 0.2) is 42.5 Å². The fraction of sp³-hybridized carbons (Fsp3) is 0.286. The maximum absolute atomic E-state index is 14.2. The van der Waals surface area contributed by atoms with Crippen molar-refractivity contribution in [2.24, 2.45) is 0 Å². The van der Waals surface area contributed by atoms with Crippen LogP contribution in [0.5, 0.6) is 11.5 Å². The van der Waals surface area contributed by atoms with Crippen molar-refractivity contribution in [3.63, 3.8) is 0 Å². The van der Waals surface area contributed by atoms with Gasteiger partial charge in [-0.2, -0.15) is 0 Å². The Bertz CT molecular complexity index is 1500. The van der Waals surface area contributed by atoms with Crippen molar-refractivity contribution in [1.82, 2.24) is 19.7 Å². The molecule has 38 heavy (non-hydrogen) atoms. The smallest absolute Gasteiger partial charge is 0.358 e. The first kappa shape index (κ1) is 25.3. The van der Waals surface area contributed by atoms with E-state index in [-0.39, 0.29) is 35.3 Å². The number of fused-ring (bicyclic) bond motifs is 1. The lowest BCUT2D eigenvalue weighted by atomic mass is 10.1. The van der Waals surface area contributed by atoms with Gasteiger partial charge in [-0.25, -0.2) is 18.6 Å². The zero-order chi connectivity index (χ0) is 26.6. The summed E-state index contributed by atoms with van der Waals surface area (Å²) in [6, 6.07) is 10.7. The summed E-state index contributed by atoms with van der Waals surface area (Å²) in [6.07, 6.45) is 7.83. The predicted molar refractivity (Wildman–Crippen MR) is 137 cm³/mol. The van der Waals surface area contributed by atoms with Crippen molar-refractivity contribution in [3.8, 4) is 17.3 Å². The highest BCUT2D eigenvalue weighted by atomic mass is 19.2. The number of halogens is 2. The van der Waals surface area contributed by atoms with Crippen LogP contribution in [0, 0.1) is 11.6 Å². The van der Waals surface area contributed by atoms with Gasteiger partial charge in [-0.15, -0.1) is 10.2 Å².